The van der Waals surface area contributed by atoms with Crippen molar-refractivity contribution in [3.63, 3.8) is 0 Å². The first-order valence-electron chi connectivity index (χ1n) is 9.17. The van der Waals surface area contributed by atoms with E-state index in [1.54, 1.807) is 29.2 Å². The van der Waals surface area contributed by atoms with Crippen molar-refractivity contribution < 1.29 is 27.4 Å². The van der Waals surface area contributed by atoms with E-state index in [9.17, 15) is 13.2 Å². The Bertz CT molecular complexity index is 777. The van der Waals surface area contributed by atoms with Crippen LogP contribution in [-0.2, 0) is 24.3 Å². The van der Waals surface area contributed by atoms with E-state index >= 15 is 0 Å². The summed E-state index contributed by atoms with van der Waals surface area (Å²) in [6.45, 7) is 1.88. The number of sulfonamides is 1. The average molecular weight is 396 g/mol. The molecule has 0 radical (unpaired) electrons. The zero-order chi connectivity index (χ0) is 19.0. The Morgan fingerprint density at radius 1 is 1.11 bits per heavy atom. The molecule has 0 aliphatic carbocycles. The first-order chi connectivity index (χ1) is 13.0. The number of methoxy groups -OCH3 is 1. The smallest absolute Gasteiger partial charge is 0.251 e. The minimum atomic E-state index is -3.61. The normalized spacial score (nSPS) is 28.9. The van der Waals surface area contributed by atoms with Crippen LogP contribution in [0.25, 0.3) is 0 Å². The van der Waals surface area contributed by atoms with Crippen LogP contribution < -0.4 is 4.74 Å². The SMILES string of the molecule is COc1ccc(S(=O)(=O)N2C[C@H]3CN(C(=O)[C@H]4CCCO4)C[C@@H](C2)O3)cc1. The number of hydrogen-bond acceptors (Lipinski definition) is 6. The quantitative estimate of drug-likeness (QED) is 0.736. The molecule has 3 fully saturated rings. The lowest BCUT2D eigenvalue weighted by molar-refractivity contribution is -0.162. The van der Waals surface area contributed by atoms with Crippen molar-refractivity contribution in [2.75, 3.05) is 39.9 Å². The highest BCUT2D eigenvalue weighted by atomic mass is 32.2. The molecule has 1 amide bonds. The molecular formula is C18H24N2O6S. The molecule has 3 atom stereocenters. The Balaban J connectivity index is 1.45. The first kappa shape index (κ1) is 18.7. The first-order valence-corrected chi connectivity index (χ1v) is 10.6. The summed E-state index contributed by atoms with van der Waals surface area (Å²) >= 11 is 0. The second-order valence-electron chi connectivity index (χ2n) is 7.12. The van der Waals surface area contributed by atoms with Crippen LogP contribution in [0.3, 0.4) is 0 Å². The molecule has 3 heterocycles. The third-order valence-electron chi connectivity index (χ3n) is 5.26. The Morgan fingerprint density at radius 2 is 1.78 bits per heavy atom. The second-order valence-corrected chi connectivity index (χ2v) is 9.06. The number of benzene rings is 1. The van der Waals surface area contributed by atoms with Crippen LogP contribution >= 0.6 is 0 Å². The summed E-state index contributed by atoms with van der Waals surface area (Å²) in [5, 5.41) is 0. The van der Waals surface area contributed by atoms with Gasteiger partial charge in [0.25, 0.3) is 5.91 Å². The molecule has 3 aliphatic rings. The number of hydrogen-bond donors (Lipinski definition) is 0. The van der Waals surface area contributed by atoms with Crippen LogP contribution in [0.2, 0.25) is 0 Å². The fraction of sp³-hybridized carbons (Fsp3) is 0.611. The number of nitrogens with zero attached hydrogens (tertiary/aromatic N) is 2. The Morgan fingerprint density at radius 3 is 2.33 bits per heavy atom. The van der Waals surface area contributed by atoms with Gasteiger partial charge in [-0.1, -0.05) is 0 Å². The maximum atomic E-state index is 13.0. The molecule has 0 unspecified atom stereocenters. The van der Waals surface area contributed by atoms with Gasteiger partial charge in [-0.05, 0) is 37.1 Å². The zero-order valence-electron chi connectivity index (χ0n) is 15.2. The van der Waals surface area contributed by atoms with Gasteiger partial charge in [-0.15, -0.1) is 0 Å². The van der Waals surface area contributed by atoms with Crippen molar-refractivity contribution in [2.45, 2.75) is 36.0 Å². The molecule has 4 rings (SSSR count). The molecule has 0 aromatic heterocycles. The van der Waals surface area contributed by atoms with Gasteiger partial charge in [-0.25, -0.2) is 8.42 Å². The van der Waals surface area contributed by atoms with Gasteiger partial charge in [0.1, 0.15) is 11.9 Å². The number of carbonyl (C=O) groups excluding carboxylic acids is 1. The predicted octanol–water partition coefficient (Wildman–Crippen LogP) is 0.475. The molecule has 0 saturated carbocycles. The van der Waals surface area contributed by atoms with E-state index in [-0.39, 0.29) is 42.2 Å². The van der Waals surface area contributed by atoms with Crippen molar-refractivity contribution in [3.05, 3.63) is 24.3 Å². The second kappa shape index (κ2) is 7.38. The number of rotatable bonds is 4. The van der Waals surface area contributed by atoms with Crippen LogP contribution in [0, 0.1) is 0 Å². The monoisotopic (exact) mass is 396 g/mol. The Hall–Kier alpha value is -1.68. The van der Waals surface area contributed by atoms with Gasteiger partial charge < -0.3 is 19.1 Å². The molecule has 3 saturated heterocycles. The van der Waals surface area contributed by atoms with E-state index in [4.69, 9.17) is 14.2 Å². The highest BCUT2D eigenvalue weighted by Crippen LogP contribution is 2.27. The van der Waals surface area contributed by atoms with Crippen LogP contribution in [0.15, 0.2) is 29.2 Å². The lowest BCUT2D eigenvalue weighted by atomic mass is 10.1. The van der Waals surface area contributed by atoms with Gasteiger partial charge in [0, 0.05) is 32.8 Å². The Kier molecular flexibility index (Phi) is 5.11. The summed E-state index contributed by atoms with van der Waals surface area (Å²) in [4.78, 5) is 14.6. The summed E-state index contributed by atoms with van der Waals surface area (Å²) in [5.74, 6) is 0.605. The van der Waals surface area contributed by atoms with E-state index in [1.807, 2.05) is 0 Å². The highest BCUT2D eigenvalue weighted by molar-refractivity contribution is 7.89. The average Bonchev–Trinajstić information content (AvgIpc) is 3.21. The molecule has 1 aromatic rings. The van der Waals surface area contributed by atoms with Crippen LogP contribution in [0.5, 0.6) is 5.75 Å². The van der Waals surface area contributed by atoms with E-state index < -0.39 is 10.0 Å². The van der Waals surface area contributed by atoms with Crippen LogP contribution in [0.4, 0.5) is 0 Å². The van der Waals surface area contributed by atoms with Crippen LogP contribution in [-0.4, -0.2) is 81.7 Å². The highest BCUT2D eigenvalue weighted by Gasteiger charge is 2.42. The standard InChI is InChI=1S/C18H24N2O6S/c1-24-13-4-6-16(7-5-13)27(22,23)20-11-14-9-19(10-15(12-20)26-14)18(21)17-3-2-8-25-17/h4-7,14-15,17H,2-3,8-12H2,1H3/t14-,15+,17-/m1/s1. The van der Waals surface area contributed by atoms with E-state index in [0.29, 0.717) is 25.4 Å². The molecular weight excluding hydrogens is 372 g/mol. The third kappa shape index (κ3) is 3.69. The summed E-state index contributed by atoms with van der Waals surface area (Å²) in [6, 6.07) is 6.37. The summed E-state index contributed by atoms with van der Waals surface area (Å²) in [6.07, 6.45) is 0.653. The van der Waals surface area contributed by atoms with Gasteiger partial charge in [0.15, 0.2) is 0 Å². The van der Waals surface area contributed by atoms with E-state index in [1.165, 1.54) is 11.4 Å². The van der Waals surface area contributed by atoms with Crippen molar-refractivity contribution in [3.8, 4) is 5.75 Å². The maximum absolute atomic E-state index is 13.0. The number of morpholine rings is 2. The number of amides is 1. The van der Waals surface area contributed by atoms with Gasteiger partial charge in [-0.2, -0.15) is 4.31 Å². The molecule has 8 nitrogen and oxygen atoms in total. The maximum Gasteiger partial charge on any atom is 0.251 e. The van der Waals surface area contributed by atoms with Crippen molar-refractivity contribution in [1.82, 2.24) is 9.21 Å². The van der Waals surface area contributed by atoms with Gasteiger partial charge >= 0.3 is 0 Å². The van der Waals surface area contributed by atoms with Crippen molar-refractivity contribution >= 4 is 15.9 Å². The third-order valence-corrected chi connectivity index (χ3v) is 7.11. The van der Waals surface area contributed by atoms with E-state index in [0.717, 1.165) is 12.8 Å². The molecule has 27 heavy (non-hydrogen) atoms. The molecule has 0 spiro atoms. The van der Waals surface area contributed by atoms with E-state index in [2.05, 4.69) is 0 Å². The molecule has 3 aliphatic heterocycles. The Labute approximate surface area is 159 Å². The predicted molar refractivity (Wildman–Crippen MR) is 96.0 cm³/mol. The summed E-state index contributed by atoms with van der Waals surface area (Å²) in [5.41, 5.74) is 0. The lowest BCUT2D eigenvalue weighted by Gasteiger charge is -2.45. The van der Waals surface area contributed by atoms with Crippen molar-refractivity contribution in [1.29, 1.82) is 0 Å². The van der Waals surface area contributed by atoms with Gasteiger partial charge in [0.2, 0.25) is 10.0 Å². The minimum absolute atomic E-state index is 0.00254. The van der Waals surface area contributed by atoms with Gasteiger partial charge in [-0.3, -0.25) is 4.79 Å². The molecule has 9 heteroatoms. The molecule has 0 N–H and O–H groups in total. The molecule has 2 bridgehead atoms. The zero-order valence-corrected chi connectivity index (χ0v) is 16.1. The van der Waals surface area contributed by atoms with Crippen LogP contribution in [0.1, 0.15) is 12.8 Å². The molecule has 1 aromatic carbocycles. The topological polar surface area (TPSA) is 85.4 Å². The van der Waals surface area contributed by atoms with Gasteiger partial charge in [0.05, 0.1) is 24.2 Å². The lowest BCUT2D eigenvalue weighted by Crippen LogP contribution is -2.62. The largest absolute Gasteiger partial charge is 0.497 e. The summed E-state index contributed by atoms with van der Waals surface area (Å²) in [7, 11) is -2.07. The number of fused-ring (bicyclic) bond motifs is 2. The number of carbonyl (C=O) groups is 1. The fourth-order valence-electron chi connectivity index (χ4n) is 3.90. The number of ether oxygens (including phenoxy) is 3. The summed E-state index contributed by atoms with van der Waals surface area (Å²) < 4.78 is 43.9. The minimum Gasteiger partial charge on any atom is -0.497 e. The van der Waals surface area contributed by atoms with Crippen molar-refractivity contribution in [2.24, 2.45) is 0 Å². The molecule has 148 valence electrons. The fourth-order valence-corrected chi connectivity index (χ4v) is 5.41.